The molecule has 186 valence electrons. The quantitative estimate of drug-likeness (QED) is 0.362. The zero-order chi connectivity index (χ0) is 25.9. The van der Waals surface area contributed by atoms with Crippen molar-refractivity contribution in [2.45, 2.75) is 13.0 Å². The van der Waals surface area contributed by atoms with Gasteiger partial charge in [0, 0.05) is 0 Å². The van der Waals surface area contributed by atoms with Crippen LogP contribution in [-0.4, -0.2) is 24.8 Å². The van der Waals surface area contributed by atoms with Gasteiger partial charge in [0.25, 0.3) is 5.56 Å². The predicted molar refractivity (Wildman–Crippen MR) is 142 cm³/mol. The van der Waals surface area contributed by atoms with Gasteiger partial charge >= 0.3 is 5.97 Å². The summed E-state index contributed by atoms with van der Waals surface area (Å²) in [5.41, 5.74) is 2.15. The molecule has 0 radical (unpaired) electrons. The lowest BCUT2D eigenvalue weighted by Gasteiger charge is -2.24. The first kappa shape index (κ1) is 24.3. The van der Waals surface area contributed by atoms with Crippen LogP contribution in [0.5, 0.6) is 17.2 Å². The average Bonchev–Trinajstić information content (AvgIpc) is 3.22. The maximum Gasteiger partial charge on any atom is 0.338 e. The van der Waals surface area contributed by atoms with Gasteiger partial charge in [-0.1, -0.05) is 53.8 Å². The minimum atomic E-state index is -0.676. The highest BCUT2D eigenvalue weighted by Gasteiger charge is 2.33. The van der Waals surface area contributed by atoms with E-state index in [0.29, 0.717) is 32.1 Å². The lowest BCUT2D eigenvalue weighted by Crippen LogP contribution is -2.39. The zero-order valence-corrected chi connectivity index (χ0v) is 21.3. The Hall–Kier alpha value is -4.43. The fraction of sp³-hybridized carbons (Fsp3) is 0.138. The van der Waals surface area contributed by atoms with E-state index in [2.05, 4.69) is 4.99 Å². The van der Waals surface area contributed by atoms with Crippen molar-refractivity contribution >= 4 is 23.4 Å². The molecule has 1 aliphatic heterocycles. The van der Waals surface area contributed by atoms with Crippen LogP contribution in [0.15, 0.2) is 99.9 Å². The fourth-order valence-corrected chi connectivity index (χ4v) is 5.28. The molecule has 0 N–H and O–H groups in total. The van der Waals surface area contributed by atoms with E-state index in [1.54, 1.807) is 30.7 Å². The van der Waals surface area contributed by atoms with Crippen molar-refractivity contribution in [2.75, 3.05) is 14.2 Å². The number of thiazole rings is 1. The number of esters is 1. The number of benzene rings is 3. The van der Waals surface area contributed by atoms with Crippen molar-refractivity contribution in [1.82, 2.24) is 4.57 Å². The average molecular weight is 513 g/mol. The summed E-state index contributed by atoms with van der Waals surface area (Å²) in [6, 6.07) is 23.6. The second kappa shape index (κ2) is 10.3. The second-order valence-corrected chi connectivity index (χ2v) is 9.34. The molecule has 0 aliphatic carbocycles. The van der Waals surface area contributed by atoms with Crippen LogP contribution in [0.25, 0.3) is 6.08 Å². The molecule has 0 bridgehead atoms. The third kappa shape index (κ3) is 4.83. The van der Waals surface area contributed by atoms with Crippen molar-refractivity contribution in [3.8, 4) is 17.2 Å². The molecule has 37 heavy (non-hydrogen) atoms. The molecule has 4 aromatic rings. The van der Waals surface area contributed by atoms with Gasteiger partial charge in [-0.15, -0.1) is 0 Å². The highest BCUT2D eigenvalue weighted by atomic mass is 32.1. The van der Waals surface area contributed by atoms with Crippen LogP contribution in [0.1, 0.15) is 24.1 Å². The van der Waals surface area contributed by atoms with E-state index in [-0.39, 0.29) is 5.56 Å². The standard InChI is InChI=1S/C29H24N2O5S/c1-18-25(28(33)35-3)26(20-12-14-21(34-2)15-13-20)31-27(32)24(37-29(31)30-18)17-19-8-7-11-23(16-19)36-22-9-5-4-6-10-22/h4-17,26H,1-3H3/b24-17+/t26-/m1/s1. The van der Waals surface area contributed by atoms with Crippen LogP contribution < -0.4 is 24.4 Å². The van der Waals surface area contributed by atoms with E-state index in [9.17, 15) is 9.59 Å². The number of carbonyl (C=O) groups excluding carboxylic acids is 1. The third-order valence-corrected chi connectivity index (χ3v) is 6.98. The highest BCUT2D eigenvalue weighted by molar-refractivity contribution is 7.07. The molecule has 3 aromatic carbocycles. The molecular weight excluding hydrogens is 488 g/mol. The summed E-state index contributed by atoms with van der Waals surface area (Å²) < 4.78 is 18.3. The minimum absolute atomic E-state index is 0.243. The monoisotopic (exact) mass is 512 g/mol. The normalized spacial score (nSPS) is 15.1. The van der Waals surface area contributed by atoms with Gasteiger partial charge in [-0.05, 0) is 60.5 Å². The van der Waals surface area contributed by atoms with Crippen molar-refractivity contribution in [1.29, 1.82) is 0 Å². The first-order valence-electron chi connectivity index (χ1n) is 11.6. The van der Waals surface area contributed by atoms with Crippen molar-refractivity contribution in [3.63, 3.8) is 0 Å². The van der Waals surface area contributed by atoms with Crippen molar-refractivity contribution in [3.05, 3.63) is 121 Å². The Kier molecular flexibility index (Phi) is 6.74. The summed E-state index contributed by atoms with van der Waals surface area (Å²) in [5, 5.41) is 0. The van der Waals surface area contributed by atoms with Crippen LogP contribution in [0.2, 0.25) is 0 Å². The SMILES string of the molecule is COC(=O)C1=C(C)N=c2s/c(=C/c3cccc(Oc4ccccc4)c3)c(=O)n2[C@@H]1c1ccc(OC)cc1. The van der Waals surface area contributed by atoms with Crippen LogP contribution >= 0.6 is 11.3 Å². The van der Waals surface area contributed by atoms with Crippen molar-refractivity contribution < 1.29 is 19.0 Å². The molecule has 0 unspecified atom stereocenters. The maximum absolute atomic E-state index is 13.7. The topological polar surface area (TPSA) is 79.1 Å². The molecule has 0 saturated carbocycles. The number of allylic oxidation sites excluding steroid dienone is 1. The molecule has 1 atom stereocenters. The number of fused-ring (bicyclic) bond motifs is 1. The van der Waals surface area contributed by atoms with Crippen LogP contribution in [-0.2, 0) is 9.53 Å². The molecule has 0 fully saturated rings. The van der Waals surface area contributed by atoms with Crippen LogP contribution in [0, 0.1) is 0 Å². The van der Waals surface area contributed by atoms with Gasteiger partial charge < -0.3 is 14.2 Å². The van der Waals surface area contributed by atoms with E-state index in [1.807, 2.05) is 72.8 Å². The van der Waals surface area contributed by atoms with Gasteiger partial charge in [0.15, 0.2) is 4.80 Å². The minimum Gasteiger partial charge on any atom is -0.497 e. The Morgan fingerprint density at radius 2 is 1.68 bits per heavy atom. The molecule has 0 amide bonds. The van der Waals surface area contributed by atoms with Crippen LogP contribution in [0.3, 0.4) is 0 Å². The van der Waals surface area contributed by atoms with E-state index < -0.39 is 12.0 Å². The Morgan fingerprint density at radius 3 is 2.38 bits per heavy atom. The lowest BCUT2D eigenvalue weighted by molar-refractivity contribution is -0.136. The summed E-state index contributed by atoms with van der Waals surface area (Å²) >= 11 is 1.27. The Morgan fingerprint density at radius 1 is 0.946 bits per heavy atom. The third-order valence-electron chi connectivity index (χ3n) is 5.99. The number of nitrogens with zero attached hydrogens (tertiary/aromatic N) is 2. The number of rotatable bonds is 6. The molecule has 2 heterocycles. The molecule has 7 nitrogen and oxygen atoms in total. The first-order valence-corrected chi connectivity index (χ1v) is 12.4. The smallest absolute Gasteiger partial charge is 0.338 e. The summed E-state index contributed by atoms with van der Waals surface area (Å²) in [5.74, 6) is 1.54. The number of aromatic nitrogens is 1. The number of carbonyl (C=O) groups is 1. The van der Waals surface area contributed by atoms with E-state index in [0.717, 1.165) is 16.9 Å². The summed E-state index contributed by atoms with van der Waals surface area (Å²) in [7, 11) is 2.91. The van der Waals surface area contributed by atoms with Gasteiger partial charge in [0.1, 0.15) is 17.2 Å². The van der Waals surface area contributed by atoms with Crippen LogP contribution in [0.4, 0.5) is 0 Å². The van der Waals surface area contributed by atoms with E-state index >= 15 is 0 Å². The molecule has 0 spiro atoms. The molecule has 5 rings (SSSR count). The molecule has 1 aliphatic rings. The summed E-state index contributed by atoms with van der Waals surface area (Å²) in [6.45, 7) is 1.75. The van der Waals surface area contributed by atoms with Crippen molar-refractivity contribution in [2.24, 2.45) is 4.99 Å². The fourth-order valence-electron chi connectivity index (χ4n) is 4.24. The van der Waals surface area contributed by atoms with E-state index in [1.165, 1.54) is 18.4 Å². The maximum atomic E-state index is 13.7. The molecule has 8 heteroatoms. The summed E-state index contributed by atoms with van der Waals surface area (Å²) in [4.78, 5) is 31.6. The summed E-state index contributed by atoms with van der Waals surface area (Å²) in [6.07, 6.45) is 1.81. The number of methoxy groups -OCH3 is 2. The van der Waals surface area contributed by atoms with Gasteiger partial charge in [0.05, 0.1) is 36.1 Å². The Bertz CT molecular complexity index is 1670. The Labute approximate surface area is 217 Å². The molecular formula is C29H24N2O5S. The molecule has 0 saturated heterocycles. The lowest BCUT2D eigenvalue weighted by atomic mass is 9.96. The number of ether oxygens (including phenoxy) is 3. The zero-order valence-electron chi connectivity index (χ0n) is 20.5. The largest absolute Gasteiger partial charge is 0.497 e. The van der Waals surface area contributed by atoms with Gasteiger partial charge in [0.2, 0.25) is 0 Å². The first-order chi connectivity index (χ1) is 18.0. The molecule has 1 aromatic heterocycles. The van der Waals surface area contributed by atoms with Gasteiger partial charge in [-0.2, -0.15) is 0 Å². The predicted octanol–water partition coefficient (Wildman–Crippen LogP) is 4.21. The number of hydrogen-bond donors (Lipinski definition) is 0. The number of para-hydroxylation sites is 1. The Balaban J connectivity index is 1.61. The van der Waals surface area contributed by atoms with E-state index in [4.69, 9.17) is 14.2 Å². The highest BCUT2D eigenvalue weighted by Crippen LogP contribution is 2.31. The van der Waals surface area contributed by atoms with Gasteiger partial charge in [-0.3, -0.25) is 9.36 Å². The second-order valence-electron chi connectivity index (χ2n) is 8.33. The number of hydrogen-bond acceptors (Lipinski definition) is 7. The van der Waals surface area contributed by atoms with Gasteiger partial charge in [-0.25, -0.2) is 9.79 Å².